The first-order valence-corrected chi connectivity index (χ1v) is 9.40. The molecule has 2 heterocycles. The third kappa shape index (κ3) is 5.64. The van der Waals surface area contributed by atoms with E-state index in [1.54, 1.807) is 11.8 Å². The molecule has 2 fully saturated rings. The lowest BCUT2D eigenvalue weighted by Gasteiger charge is -2.37. The number of β-amino-alcohol motifs (C(OH)–C–C–N with tert-alkyl or cyclic N) is 3. The van der Waals surface area contributed by atoms with E-state index in [0.717, 1.165) is 0 Å². The normalized spacial score (nSPS) is 31.2. The molecule has 0 aromatic carbocycles. The molecular weight excluding hydrogens is 340 g/mol. The van der Waals surface area contributed by atoms with Crippen molar-refractivity contribution in [2.24, 2.45) is 11.8 Å². The van der Waals surface area contributed by atoms with Gasteiger partial charge in [0.1, 0.15) is 0 Å². The summed E-state index contributed by atoms with van der Waals surface area (Å²) < 4.78 is 5.81. The minimum Gasteiger partial charge on any atom is -0.391 e. The van der Waals surface area contributed by atoms with Gasteiger partial charge in [0.25, 0.3) is 0 Å². The Morgan fingerprint density at radius 1 is 0.885 bits per heavy atom. The summed E-state index contributed by atoms with van der Waals surface area (Å²) in [4.78, 5) is 27.7. The smallest absolute Gasteiger partial charge is 0.227 e. The van der Waals surface area contributed by atoms with E-state index in [1.165, 1.54) is 4.90 Å². The van der Waals surface area contributed by atoms with Crippen LogP contribution in [0, 0.1) is 11.8 Å². The standard InChI is InChI=1S/C18H32N2O6/c1-11(2)17(24)20-8-15(23)5-16(9-20)26-10-12(3)18(25)19-6-13(21)4-14(22)7-19/h11-16,21-23H,4-10H2,1-3H3/t12?,13-,14-,15-,16+/m0/s1. The van der Waals surface area contributed by atoms with Crippen molar-refractivity contribution in [1.29, 1.82) is 0 Å². The van der Waals surface area contributed by atoms with Gasteiger partial charge in [-0.15, -0.1) is 0 Å². The molecule has 2 rings (SSSR count). The predicted molar refractivity (Wildman–Crippen MR) is 94.2 cm³/mol. The van der Waals surface area contributed by atoms with Gasteiger partial charge in [-0.25, -0.2) is 0 Å². The molecule has 0 bridgehead atoms. The number of nitrogens with zero attached hydrogens (tertiary/aromatic N) is 2. The van der Waals surface area contributed by atoms with Gasteiger partial charge in [-0.3, -0.25) is 9.59 Å². The molecule has 2 aliphatic rings. The molecule has 26 heavy (non-hydrogen) atoms. The largest absolute Gasteiger partial charge is 0.391 e. The van der Waals surface area contributed by atoms with Gasteiger partial charge >= 0.3 is 0 Å². The summed E-state index contributed by atoms with van der Waals surface area (Å²) in [6.07, 6.45) is -1.64. The van der Waals surface area contributed by atoms with Crippen LogP contribution in [0.2, 0.25) is 0 Å². The molecule has 8 heteroatoms. The number of hydrogen-bond donors (Lipinski definition) is 3. The molecule has 5 atom stereocenters. The average molecular weight is 372 g/mol. The fourth-order valence-corrected chi connectivity index (χ4v) is 3.58. The Kier molecular flexibility index (Phi) is 7.40. The summed E-state index contributed by atoms with van der Waals surface area (Å²) in [6.45, 7) is 6.72. The molecule has 2 amide bonds. The molecule has 2 saturated heterocycles. The molecule has 0 spiro atoms. The van der Waals surface area contributed by atoms with E-state index in [2.05, 4.69) is 0 Å². The Hall–Kier alpha value is -1.22. The Morgan fingerprint density at radius 3 is 1.92 bits per heavy atom. The third-order valence-corrected chi connectivity index (χ3v) is 4.92. The summed E-state index contributed by atoms with van der Waals surface area (Å²) in [7, 11) is 0. The van der Waals surface area contributed by atoms with Gasteiger partial charge in [-0.2, -0.15) is 0 Å². The van der Waals surface area contributed by atoms with Crippen LogP contribution in [0.15, 0.2) is 0 Å². The number of likely N-dealkylation sites (tertiary alicyclic amines) is 2. The maximum absolute atomic E-state index is 12.5. The van der Waals surface area contributed by atoms with Crippen LogP contribution in [0.4, 0.5) is 0 Å². The number of ether oxygens (including phenoxy) is 1. The molecule has 0 aromatic heterocycles. The minimum atomic E-state index is -0.708. The number of amides is 2. The zero-order chi connectivity index (χ0) is 19.4. The van der Waals surface area contributed by atoms with Crippen LogP contribution >= 0.6 is 0 Å². The van der Waals surface area contributed by atoms with Gasteiger partial charge in [0.05, 0.1) is 36.9 Å². The second-order valence-corrected chi connectivity index (χ2v) is 7.93. The van der Waals surface area contributed by atoms with E-state index >= 15 is 0 Å². The average Bonchev–Trinajstić information content (AvgIpc) is 2.56. The van der Waals surface area contributed by atoms with E-state index in [-0.39, 0.29) is 50.0 Å². The van der Waals surface area contributed by atoms with Crippen LogP contribution in [0.1, 0.15) is 33.6 Å². The lowest BCUT2D eigenvalue weighted by atomic mass is 10.0. The third-order valence-electron chi connectivity index (χ3n) is 4.92. The van der Waals surface area contributed by atoms with Gasteiger partial charge < -0.3 is 29.9 Å². The molecule has 0 aromatic rings. The first-order chi connectivity index (χ1) is 12.2. The monoisotopic (exact) mass is 372 g/mol. The number of carbonyl (C=O) groups excluding carboxylic acids is 2. The molecule has 2 aliphatic heterocycles. The predicted octanol–water partition coefficient (Wildman–Crippen LogP) is -0.789. The second-order valence-electron chi connectivity index (χ2n) is 7.93. The van der Waals surface area contributed by atoms with Gasteiger partial charge in [-0.05, 0) is 0 Å². The van der Waals surface area contributed by atoms with Crippen LogP contribution in [-0.2, 0) is 14.3 Å². The Labute approximate surface area is 154 Å². The number of aliphatic hydroxyl groups is 3. The zero-order valence-electron chi connectivity index (χ0n) is 15.9. The van der Waals surface area contributed by atoms with Crippen molar-refractivity contribution >= 4 is 11.8 Å². The Bertz CT molecular complexity index is 490. The highest BCUT2D eigenvalue weighted by atomic mass is 16.5. The number of aliphatic hydroxyl groups excluding tert-OH is 3. The lowest BCUT2D eigenvalue weighted by molar-refractivity contribution is -0.149. The first kappa shape index (κ1) is 21.1. The Morgan fingerprint density at radius 2 is 1.38 bits per heavy atom. The molecule has 1 unspecified atom stereocenters. The summed E-state index contributed by atoms with van der Waals surface area (Å²) >= 11 is 0. The highest BCUT2D eigenvalue weighted by molar-refractivity contribution is 5.79. The molecule has 0 saturated carbocycles. The van der Waals surface area contributed by atoms with Crippen LogP contribution in [0.25, 0.3) is 0 Å². The molecule has 0 aliphatic carbocycles. The van der Waals surface area contributed by atoms with E-state index in [9.17, 15) is 24.9 Å². The van der Waals surface area contributed by atoms with E-state index < -0.39 is 24.2 Å². The van der Waals surface area contributed by atoms with Crippen molar-refractivity contribution in [2.45, 2.75) is 58.0 Å². The first-order valence-electron chi connectivity index (χ1n) is 9.40. The second kappa shape index (κ2) is 9.12. The van der Waals surface area contributed by atoms with Gasteiger partial charge in [0, 0.05) is 44.9 Å². The van der Waals surface area contributed by atoms with Crippen molar-refractivity contribution in [1.82, 2.24) is 9.80 Å². The van der Waals surface area contributed by atoms with Crippen LogP contribution in [0.5, 0.6) is 0 Å². The summed E-state index contributed by atoms with van der Waals surface area (Å²) in [5.41, 5.74) is 0. The highest BCUT2D eigenvalue weighted by Gasteiger charge is 2.33. The fraction of sp³-hybridized carbons (Fsp3) is 0.889. The van der Waals surface area contributed by atoms with Gasteiger partial charge in [0.2, 0.25) is 11.8 Å². The molecule has 3 N–H and O–H groups in total. The fourth-order valence-electron chi connectivity index (χ4n) is 3.58. The Balaban J connectivity index is 1.84. The zero-order valence-corrected chi connectivity index (χ0v) is 15.9. The molecule has 0 radical (unpaired) electrons. The van der Waals surface area contributed by atoms with Crippen molar-refractivity contribution in [2.75, 3.05) is 32.8 Å². The minimum absolute atomic E-state index is 0.0160. The van der Waals surface area contributed by atoms with Gasteiger partial charge in [0.15, 0.2) is 0 Å². The number of carbonyl (C=O) groups is 2. The van der Waals surface area contributed by atoms with Crippen molar-refractivity contribution < 1.29 is 29.6 Å². The molecule has 150 valence electrons. The number of hydrogen-bond acceptors (Lipinski definition) is 6. The van der Waals surface area contributed by atoms with Crippen molar-refractivity contribution in [3.8, 4) is 0 Å². The number of piperidine rings is 2. The quantitative estimate of drug-likeness (QED) is 0.583. The van der Waals surface area contributed by atoms with Crippen LogP contribution in [0.3, 0.4) is 0 Å². The maximum Gasteiger partial charge on any atom is 0.227 e. The van der Waals surface area contributed by atoms with E-state index in [4.69, 9.17) is 4.74 Å². The topological polar surface area (TPSA) is 111 Å². The SMILES string of the molecule is CC(C)C(=O)N1C[C@@H](O)C[C@@H](OCC(C)C(=O)N2C[C@@H](O)C[C@H](O)C2)C1. The van der Waals surface area contributed by atoms with Crippen LogP contribution < -0.4 is 0 Å². The summed E-state index contributed by atoms with van der Waals surface area (Å²) in [6, 6.07) is 0. The van der Waals surface area contributed by atoms with Crippen molar-refractivity contribution in [3.63, 3.8) is 0 Å². The van der Waals surface area contributed by atoms with Crippen molar-refractivity contribution in [3.05, 3.63) is 0 Å². The lowest BCUT2D eigenvalue weighted by Crippen LogP contribution is -2.52. The maximum atomic E-state index is 12.5. The van der Waals surface area contributed by atoms with E-state index in [0.29, 0.717) is 19.5 Å². The van der Waals surface area contributed by atoms with E-state index in [1.807, 2.05) is 13.8 Å². The molecule has 8 nitrogen and oxygen atoms in total. The molecular formula is C18H32N2O6. The van der Waals surface area contributed by atoms with Crippen LogP contribution in [-0.4, -0.2) is 94.1 Å². The van der Waals surface area contributed by atoms with Gasteiger partial charge in [-0.1, -0.05) is 20.8 Å². The highest BCUT2D eigenvalue weighted by Crippen LogP contribution is 2.19. The number of rotatable bonds is 5. The summed E-state index contributed by atoms with van der Waals surface area (Å²) in [5, 5.41) is 29.5. The summed E-state index contributed by atoms with van der Waals surface area (Å²) in [5.74, 6) is -0.758.